The van der Waals surface area contributed by atoms with Crippen molar-refractivity contribution in [2.24, 2.45) is 11.8 Å². The Morgan fingerprint density at radius 2 is 1.47 bits per heavy atom. The Hall–Kier alpha value is 1.80. The number of halogens is 5. The summed E-state index contributed by atoms with van der Waals surface area (Å²) in [4.78, 5) is 0. The third-order valence-corrected chi connectivity index (χ3v) is 8.02. The lowest BCUT2D eigenvalue weighted by molar-refractivity contribution is -0.0354. The van der Waals surface area contributed by atoms with Gasteiger partial charge in [0.15, 0.2) is 0 Å². The molecule has 2 nitrogen and oxygen atoms in total. The highest BCUT2D eigenvalue weighted by Gasteiger charge is 2.64. The van der Waals surface area contributed by atoms with E-state index >= 15 is 0 Å². The van der Waals surface area contributed by atoms with Gasteiger partial charge in [0.2, 0.25) is 5.90 Å². The van der Waals surface area contributed by atoms with Crippen molar-refractivity contribution in [3.8, 4) is 0 Å². The third kappa shape index (κ3) is 2.75. The fraction of sp³-hybridized carbons (Fsp3) is 0.917. The summed E-state index contributed by atoms with van der Waals surface area (Å²) < 4.78 is 4.32. The first-order valence-corrected chi connectivity index (χ1v) is 9.62. The van der Waals surface area contributed by atoms with Crippen molar-refractivity contribution in [1.82, 2.24) is 0 Å². The van der Waals surface area contributed by atoms with Crippen LogP contribution in [0.4, 0.5) is 0 Å². The quantitative estimate of drug-likeness (QED) is 0.206. The van der Waals surface area contributed by atoms with Gasteiger partial charge < -0.3 is 4.74 Å². The van der Waals surface area contributed by atoms with E-state index in [1.165, 1.54) is 32.1 Å². The molecule has 108 valence electrons. The van der Waals surface area contributed by atoms with Crippen molar-refractivity contribution in [3.05, 3.63) is 0 Å². The van der Waals surface area contributed by atoms with Crippen LogP contribution in [0.5, 0.6) is 0 Å². The highest BCUT2D eigenvalue weighted by Crippen LogP contribution is 2.65. The van der Waals surface area contributed by atoms with Crippen molar-refractivity contribution in [3.63, 3.8) is 0 Å². The Morgan fingerprint density at radius 3 is 1.84 bits per heavy atom. The van der Waals surface area contributed by atoms with Crippen molar-refractivity contribution in [2.75, 3.05) is 0 Å². The number of hydrogen-bond acceptors (Lipinski definition) is 2. The van der Waals surface area contributed by atoms with E-state index < -0.39 is 3.79 Å². The highest BCUT2D eigenvalue weighted by atomic mass is 127. The maximum Gasteiger partial charge on any atom is 0.265 e. The predicted octanol–water partition coefficient (Wildman–Crippen LogP) is 5.29. The van der Waals surface area contributed by atoms with Gasteiger partial charge in [-0.1, -0.05) is 80.0 Å². The van der Waals surface area contributed by atoms with Crippen molar-refractivity contribution >= 4 is 85.9 Å². The topological polar surface area (TPSA) is 33.1 Å². The van der Waals surface area contributed by atoms with Crippen molar-refractivity contribution in [1.29, 1.82) is 5.41 Å². The van der Waals surface area contributed by atoms with Gasteiger partial charge in [0, 0.05) is 0 Å². The maximum atomic E-state index is 7.87. The summed E-state index contributed by atoms with van der Waals surface area (Å²) >= 11 is 22.4. The van der Waals surface area contributed by atoms with Gasteiger partial charge >= 0.3 is 0 Å². The van der Waals surface area contributed by atoms with Crippen LogP contribution in [-0.4, -0.2) is 22.6 Å². The van der Waals surface area contributed by atoms with Crippen LogP contribution in [0.25, 0.3) is 0 Å². The Balaban J connectivity index is 1.86. The molecule has 0 spiro atoms. The Morgan fingerprint density at radius 1 is 1.05 bits per heavy atom. The van der Waals surface area contributed by atoms with Gasteiger partial charge in [-0.25, -0.2) is 0 Å². The lowest BCUT2D eigenvalue weighted by Gasteiger charge is -2.62. The second kappa shape index (κ2) is 4.90. The number of alkyl halides is 5. The minimum atomic E-state index is -1.76. The second-order valence-corrected chi connectivity index (χ2v) is 12.8. The normalized spacial score (nSPS) is 48.4. The minimum Gasteiger partial charge on any atom is -0.472 e. The first-order chi connectivity index (χ1) is 8.62. The number of hydrogen-bond donors (Lipinski definition) is 1. The highest BCUT2D eigenvalue weighted by molar-refractivity contribution is 14.1. The fourth-order valence-corrected chi connectivity index (χ4v) is 8.99. The van der Waals surface area contributed by atoms with E-state index in [0.717, 1.165) is 11.8 Å². The molecule has 0 atom stereocenters. The van der Waals surface area contributed by atoms with Crippen LogP contribution < -0.4 is 0 Å². The summed E-state index contributed by atoms with van der Waals surface area (Å²) in [6, 6.07) is 0. The Labute approximate surface area is 155 Å². The van der Waals surface area contributed by atoms with E-state index in [4.69, 9.17) is 44.9 Å². The molecule has 1 N–H and O–H groups in total. The molecule has 0 unspecified atom stereocenters. The molecule has 0 radical (unpaired) electrons. The van der Waals surface area contributed by atoms with Crippen LogP contribution in [0.1, 0.15) is 32.1 Å². The average Bonchev–Trinajstić information content (AvgIpc) is 2.19. The predicted molar refractivity (Wildman–Crippen MR) is 96.5 cm³/mol. The monoisotopic (exact) mass is 547 g/mol. The molecule has 0 aromatic heterocycles. The van der Waals surface area contributed by atoms with Crippen LogP contribution in [0.2, 0.25) is 0 Å². The third-order valence-electron chi connectivity index (χ3n) is 4.61. The zero-order chi connectivity index (χ0) is 14.1. The van der Waals surface area contributed by atoms with E-state index in [0.29, 0.717) is 0 Å². The summed E-state index contributed by atoms with van der Waals surface area (Å²) in [7, 11) is 0. The summed E-state index contributed by atoms with van der Waals surface area (Å²) in [5.74, 6) is 1.38. The van der Waals surface area contributed by atoms with E-state index in [2.05, 4.69) is 45.2 Å². The molecule has 0 heterocycles. The van der Waals surface area contributed by atoms with Crippen LogP contribution in [-0.2, 0) is 4.74 Å². The van der Waals surface area contributed by atoms with Crippen molar-refractivity contribution < 1.29 is 4.74 Å². The van der Waals surface area contributed by atoms with Gasteiger partial charge in [0.1, 0.15) is 6.10 Å². The Bertz CT molecular complexity index is 390. The van der Waals surface area contributed by atoms with Gasteiger partial charge in [0.05, 0.1) is 6.84 Å². The second-order valence-electron chi connectivity index (χ2n) is 6.18. The summed E-state index contributed by atoms with van der Waals surface area (Å²) in [6.45, 7) is 0. The smallest absolute Gasteiger partial charge is 0.265 e. The van der Waals surface area contributed by atoms with E-state index in [-0.39, 0.29) is 18.8 Å². The largest absolute Gasteiger partial charge is 0.472 e. The molecule has 0 aromatic carbocycles. The molecule has 0 amide bonds. The molecule has 0 saturated heterocycles. The Kier molecular flexibility index (Phi) is 4.04. The molecule has 4 fully saturated rings. The van der Waals surface area contributed by atoms with Gasteiger partial charge in [-0.3, -0.25) is 5.41 Å². The SMILES string of the molecule is N=C(OC1C2(I)CC3CC(C2)CC1(I)C3)C(Cl)(Cl)Cl. The zero-order valence-electron chi connectivity index (χ0n) is 10.1. The van der Waals surface area contributed by atoms with Crippen LogP contribution in [0.15, 0.2) is 0 Å². The molecule has 4 aliphatic carbocycles. The molecule has 0 aromatic rings. The summed E-state index contributed by atoms with van der Waals surface area (Å²) in [5.41, 5.74) is 0. The summed E-state index contributed by atoms with van der Waals surface area (Å²) in [5, 5.41) is 7.87. The lowest BCUT2D eigenvalue weighted by Crippen LogP contribution is -2.65. The van der Waals surface area contributed by atoms with Gasteiger partial charge in [-0.2, -0.15) is 0 Å². The van der Waals surface area contributed by atoms with Crippen LogP contribution >= 0.6 is 80.0 Å². The fourth-order valence-electron chi connectivity index (χ4n) is 4.32. The molecule has 4 bridgehead atoms. The molecule has 19 heavy (non-hydrogen) atoms. The van der Waals surface area contributed by atoms with Crippen molar-refractivity contribution in [2.45, 2.75) is 48.8 Å². The van der Waals surface area contributed by atoms with Gasteiger partial charge in [-0.15, -0.1) is 0 Å². The average molecular weight is 548 g/mol. The molecule has 4 aliphatic rings. The van der Waals surface area contributed by atoms with E-state index in [9.17, 15) is 0 Å². The number of ether oxygens (including phenoxy) is 1. The van der Waals surface area contributed by atoms with Gasteiger partial charge in [0.25, 0.3) is 3.79 Å². The molecular weight excluding hydrogens is 534 g/mol. The first kappa shape index (κ1) is 15.7. The van der Waals surface area contributed by atoms with Gasteiger partial charge in [-0.05, 0) is 43.9 Å². The minimum absolute atomic E-state index is 0.0166. The van der Waals surface area contributed by atoms with Crippen LogP contribution in [0.3, 0.4) is 0 Å². The van der Waals surface area contributed by atoms with E-state index in [1.807, 2.05) is 0 Å². The van der Waals surface area contributed by atoms with Crippen LogP contribution in [0, 0.1) is 17.2 Å². The first-order valence-electron chi connectivity index (χ1n) is 6.33. The molecule has 4 saturated carbocycles. The lowest BCUT2D eigenvalue weighted by atomic mass is 9.55. The molecular formula is C12H14Cl3I2NO. The standard InChI is InChI=1S/C12H14Cl3I2NO/c13-12(14,15)9(18)19-8-10(16)2-6-1-7(4-10)5-11(8,17)3-6/h6-8,18H,1-5H2. The van der Waals surface area contributed by atoms with E-state index in [1.54, 1.807) is 0 Å². The molecule has 4 rings (SSSR count). The molecule has 7 heteroatoms. The summed E-state index contributed by atoms with van der Waals surface area (Å²) in [6.07, 6.45) is 6.04. The maximum absolute atomic E-state index is 7.87. The molecule has 0 aliphatic heterocycles. The number of nitrogens with one attached hydrogen (secondary N) is 1. The zero-order valence-corrected chi connectivity index (χ0v) is 16.6. The number of rotatable bonds is 1.